The molecular formula is C33H54F3N10O21P3S. The van der Waals surface area contributed by atoms with Crippen molar-refractivity contribution >= 4 is 87.7 Å². The molecule has 8 atom stereocenters. The van der Waals surface area contributed by atoms with Crippen molar-refractivity contribution in [3.8, 4) is 0 Å². The lowest BCUT2D eigenvalue weighted by Crippen LogP contribution is -2.46. The molecule has 1 saturated heterocycles. The number of halogens is 3. The van der Waals surface area contributed by atoms with E-state index in [1.54, 1.807) is 0 Å². The summed E-state index contributed by atoms with van der Waals surface area (Å²) < 4.78 is 93.9. The fourth-order valence-electron chi connectivity index (χ4n) is 5.65. The third kappa shape index (κ3) is 22.5. The zero-order chi connectivity index (χ0) is 54.1. The number of alkyl halides is 3. The number of hydrogen-bond donors (Lipinski definition) is 13. The molecule has 0 spiro atoms. The Morgan fingerprint density at radius 3 is 2.15 bits per heavy atom. The van der Waals surface area contributed by atoms with Crippen LogP contribution in [0.4, 0.5) is 19.0 Å². The number of primary amides is 1. The molecule has 15 N–H and O–H groups in total. The maximum atomic E-state index is 12.7. The number of rotatable bonds is 28. The van der Waals surface area contributed by atoms with Crippen LogP contribution in [0.2, 0.25) is 0 Å². The lowest BCUT2D eigenvalue weighted by Gasteiger charge is -2.30. The Bertz CT molecular complexity index is 2310. The first kappa shape index (κ1) is 62.7. The zero-order valence-electron chi connectivity index (χ0n) is 37.6. The van der Waals surface area contributed by atoms with Crippen LogP contribution in [0.15, 0.2) is 12.7 Å². The highest BCUT2D eigenvalue weighted by molar-refractivity contribution is 7.99. The summed E-state index contributed by atoms with van der Waals surface area (Å²) in [4.78, 5) is 119. The van der Waals surface area contributed by atoms with Gasteiger partial charge in [0.15, 0.2) is 17.7 Å². The molecule has 1 aliphatic rings. The minimum atomic E-state index is -5.59. The van der Waals surface area contributed by atoms with Crippen molar-refractivity contribution in [1.82, 2.24) is 40.8 Å². The smallest absolute Gasteiger partial charge is 0.475 e. The fourth-order valence-corrected chi connectivity index (χ4v) is 9.16. The minimum Gasteiger partial charge on any atom is -0.475 e. The number of carbonyl (C=O) groups excluding carboxylic acids is 5. The average molecular weight is 1110 g/mol. The number of nitrogens with one attached hydrogen (secondary N) is 4. The van der Waals surface area contributed by atoms with Crippen LogP contribution in [0.3, 0.4) is 0 Å². The van der Waals surface area contributed by atoms with Gasteiger partial charge in [0.2, 0.25) is 29.5 Å². The number of hydrogen-bond acceptors (Lipinski definition) is 21. The van der Waals surface area contributed by atoms with Gasteiger partial charge < -0.3 is 72.4 Å². The Morgan fingerprint density at radius 1 is 0.944 bits per heavy atom. The number of ether oxygens (including phenoxy) is 1. The largest absolute Gasteiger partial charge is 0.490 e. The molecule has 3 rings (SSSR count). The Morgan fingerprint density at radius 2 is 1.56 bits per heavy atom. The van der Waals surface area contributed by atoms with Gasteiger partial charge in [0, 0.05) is 44.1 Å². The van der Waals surface area contributed by atoms with Crippen LogP contribution < -0.4 is 32.7 Å². The monoisotopic (exact) mass is 1110 g/mol. The molecule has 2 aromatic rings. The van der Waals surface area contributed by atoms with Crippen molar-refractivity contribution < 1.29 is 113 Å². The average Bonchev–Trinajstić information content (AvgIpc) is 3.80. The summed E-state index contributed by atoms with van der Waals surface area (Å²) >= 11 is 1.25. The van der Waals surface area contributed by atoms with E-state index in [4.69, 9.17) is 35.2 Å². The number of phosphoric acid groups is 3. The van der Waals surface area contributed by atoms with Gasteiger partial charge in [-0.1, -0.05) is 13.8 Å². The number of aliphatic hydroxyl groups excluding tert-OH is 2. The van der Waals surface area contributed by atoms with Crippen LogP contribution in [0.5, 0.6) is 0 Å². The molecule has 0 saturated carbocycles. The van der Waals surface area contributed by atoms with E-state index in [2.05, 4.69) is 45.1 Å². The number of unbranched alkanes of at least 4 members (excludes halogenated alkanes) is 1. The van der Waals surface area contributed by atoms with Crippen molar-refractivity contribution in [1.29, 1.82) is 0 Å². The van der Waals surface area contributed by atoms with Gasteiger partial charge in [-0.2, -0.15) is 29.2 Å². The van der Waals surface area contributed by atoms with Crippen molar-refractivity contribution in [3.63, 3.8) is 0 Å². The maximum absolute atomic E-state index is 12.7. The predicted octanol–water partition coefficient (Wildman–Crippen LogP) is -1.95. The Hall–Kier alpha value is -4.44. The number of anilines is 1. The number of carboxylic acid groups (broad SMARTS) is 1. The number of nitrogens with two attached hydrogens (primary N) is 2. The third-order valence-corrected chi connectivity index (χ3v) is 13.1. The molecule has 2 unspecified atom stereocenters. The van der Waals surface area contributed by atoms with Gasteiger partial charge >= 0.3 is 35.6 Å². The number of imidazole rings is 1. The molecule has 0 aliphatic carbocycles. The number of amides is 5. The molecule has 5 amide bonds. The summed E-state index contributed by atoms with van der Waals surface area (Å²) in [6, 6.07) is -0.780. The van der Waals surface area contributed by atoms with Gasteiger partial charge in [-0.05, 0) is 19.3 Å². The number of carbonyl (C=O) groups is 6. The molecule has 0 aromatic carbocycles. The second kappa shape index (κ2) is 27.6. The molecule has 0 bridgehead atoms. The van der Waals surface area contributed by atoms with Crippen LogP contribution >= 0.6 is 35.2 Å². The van der Waals surface area contributed by atoms with Gasteiger partial charge in [-0.15, -0.1) is 0 Å². The summed E-state index contributed by atoms with van der Waals surface area (Å²) in [7, 11) is -16.5. The first-order valence-corrected chi connectivity index (χ1v) is 25.9. The van der Waals surface area contributed by atoms with Gasteiger partial charge in [0.1, 0.15) is 42.3 Å². The molecule has 1 fully saturated rings. The SMILES string of the molecule is CC(=O)N[C@@H](CCCCNC(=O)CSCCNC(=O)CCNC(=O)[C@H](O)C(C)(C)COP(=O)(O)OP(=O)(O)OC[C@H]1O[C@@H](n2cnc3c(N)ncnc32)[C@H](O)[C@@H]1OP(=O)(O)O)C(N)=O.O=C(O)C(F)(F)F. The molecule has 404 valence electrons. The van der Waals surface area contributed by atoms with Crippen LogP contribution in [0.1, 0.15) is 52.7 Å². The normalized spacial score (nSPS) is 19.8. The third-order valence-electron chi connectivity index (χ3n) is 9.08. The van der Waals surface area contributed by atoms with Gasteiger partial charge in [-0.25, -0.2) is 33.4 Å². The number of carboxylic acids is 1. The number of nitrogens with zero attached hydrogens (tertiary/aromatic N) is 4. The van der Waals surface area contributed by atoms with E-state index in [1.165, 1.54) is 32.5 Å². The Labute approximate surface area is 404 Å². The van der Waals surface area contributed by atoms with E-state index in [0.717, 1.165) is 17.2 Å². The lowest BCUT2D eigenvalue weighted by molar-refractivity contribution is -0.192. The van der Waals surface area contributed by atoms with Crippen molar-refractivity contribution in [2.24, 2.45) is 11.1 Å². The fraction of sp³-hybridized carbons (Fsp3) is 0.667. The predicted molar refractivity (Wildman–Crippen MR) is 234 cm³/mol. The Kier molecular flexibility index (Phi) is 24.3. The highest BCUT2D eigenvalue weighted by Gasteiger charge is 2.50. The quantitative estimate of drug-likeness (QED) is 0.0325. The number of thioether (sulfide) groups is 1. The van der Waals surface area contributed by atoms with Crippen molar-refractivity contribution in [2.45, 2.75) is 89.3 Å². The van der Waals surface area contributed by atoms with Crippen molar-refractivity contribution in [2.75, 3.05) is 50.1 Å². The summed E-state index contributed by atoms with van der Waals surface area (Å²) in [6.45, 7) is 2.01. The molecule has 2 aromatic heterocycles. The number of aliphatic hydroxyl groups is 2. The molecule has 38 heteroatoms. The van der Waals surface area contributed by atoms with Crippen LogP contribution in [-0.4, -0.2) is 171 Å². The van der Waals surface area contributed by atoms with E-state index in [9.17, 15) is 80.6 Å². The van der Waals surface area contributed by atoms with Crippen LogP contribution in [0.25, 0.3) is 11.2 Å². The van der Waals surface area contributed by atoms with Crippen molar-refractivity contribution in [3.05, 3.63) is 12.7 Å². The van der Waals surface area contributed by atoms with E-state index in [1.807, 2.05) is 0 Å². The number of phosphoric ester groups is 3. The number of fused-ring (bicyclic) bond motifs is 1. The zero-order valence-corrected chi connectivity index (χ0v) is 41.1. The van der Waals surface area contributed by atoms with Gasteiger partial charge in [0.25, 0.3) is 0 Å². The van der Waals surface area contributed by atoms with E-state index in [-0.39, 0.29) is 54.1 Å². The summed E-state index contributed by atoms with van der Waals surface area (Å²) in [5.74, 6) is -5.03. The second-order valence-corrected chi connectivity index (χ2v) is 20.8. The molecule has 3 heterocycles. The first-order valence-electron chi connectivity index (χ1n) is 20.3. The topological polar surface area (TPSA) is 485 Å². The second-order valence-electron chi connectivity index (χ2n) is 15.4. The molecule has 71 heavy (non-hydrogen) atoms. The lowest BCUT2D eigenvalue weighted by atomic mass is 9.87. The summed E-state index contributed by atoms with van der Waals surface area (Å²) in [6.07, 6.45) is -10.7. The first-order chi connectivity index (χ1) is 32.7. The van der Waals surface area contributed by atoms with Crippen LogP contribution in [-0.2, 0) is 65.1 Å². The number of aromatic nitrogens is 4. The molecule has 1 aliphatic heterocycles. The Balaban J connectivity index is 0.00000229. The van der Waals surface area contributed by atoms with E-state index >= 15 is 0 Å². The highest BCUT2D eigenvalue weighted by atomic mass is 32.2. The minimum absolute atomic E-state index is 0.0196. The molecular weight excluding hydrogens is 1050 g/mol. The maximum Gasteiger partial charge on any atom is 0.490 e. The highest BCUT2D eigenvalue weighted by Crippen LogP contribution is 2.61. The van der Waals surface area contributed by atoms with Gasteiger partial charge in [0.05, 0.1) is 25.3 Å². The van der Waals surface area contributed by atoms with E-state index < -0.39 is 109 Å². The van der Waals surface area contributed by atoms with Gasteiger partial charge in [-0.3, -0.25) is 42.1 Å². The number of aliphatic carboxylic acids is 1. The standard InChI is InChI=1S/C31H53N10O19P3S.C2HF3O2/c1-17(42)40-18(27(33)47)6-4-5-8-34-21(44)13-64-11-10-35-20(43)7-9-36-29(48)25(46)31(2,3)14-57-63(54,55)60-62(52,53)56-12-19-24(59-61(49,50)51)23(45)30(58-19)41-16-39-22-26(32)37-15-38-28(22)41;3-2(4,5)1(6)7/h15-16,18-19,23-25,30,45-46H,4-14H2,1-3H3,(H2,33,47)(H,34,44)(H,35,43)(H,36,48)(H,40,42)(H,52,53)(H,54,55)(H2,32,37,38)(H2,49,50,51);(H,6,7)/t18-,19+,23+,24+,25-,30+;/m0./s1. The summed E-state index contributed by atoms with van der Waals surface area (Å²) in [5.41, 5.74) is 9.47. The van der Waals surface area contributed by atoms with E-state index in [0.29, 0.717) is 31.6 Å². The number of nitrogen functional groups attached to an aromatic ring is 1. The van der Waals surface area contributed by atoms with Crippen LogP contribution in [0, 0.1) is 5.41 Å². The molecule has 31 nitrogen and oxygen atoms in total. The summed E-state index contributed by atoms with van der Waals surface area (Å²) in [5, 5.41) is 38.7. The molecule has 0 radical (unpaired) electrons.